The molecule has 0 radical (unpaired) electrons. The van der Waals surface area contributed by atoms with E-state index in [1.54, 1.807) is 6.07 Å². The van der Waals surface area contributed by atoms with Gasteiger partial charge in [-0.25, -0.2) is 21.6 Å². The minimum absolute atomic E-state index is 0.0170. The Hall–Kier alpha value is -1.32. The first kappa shape index (κ1) is 20.7. The average molecular weight is 378 g/mol. The average Bonchev–Trinajstić information content (AvgIpc) is 2.43. The van der Waals surface area contributed by atoms with Crippen LogP contribution in [0.25, 0.3) is 0 Å². The van der Waals surface area contributed by atoms with Crippen LogP contribution in [0.3, 0.4) is 0 Å². The summed E-state index contributed by atoms with van der Waals surface area (Å²) in [5, 5.41) is 0. The van der Waals surface area contributed by atoms with Crippen molar-refractivity contribution in [3.05, 3.63) is 23.8 Å². The number of rotatable bonds is 9. The number of anilines is 2. The van der Waals surface area contributed by atoms with E-state index in [0.29, 0.717) is 5.69 Å². The molecule has 0 aliphatic heterocycles. The van der Waals surface area contributed by atoms with Gasteiger partial charge >= 0.3 is 0 Å². The second kappa shape index (κ2) is 8.17. The first-order valence-electron chi connectivity index (χ1n) is 7.77. The first-order valence-corrected chi connectivity index (χ1v) is 11.5. The van der Waals surface area contributed by atoms with Gasteiger partial charge in [-0.3, -0.25) is 4.31 Å². The van der Waals surface area contributed by atoms with Gasteiger partial charge in [0.15, 0.2) is 0 Å². The zero-order valence-corrected chi connectivity index (χ0v) is 16.5. The lowest BCUT2D eigenvalue weighted by molar-refractivity contribution is 0.583. The fourth-order valence-electron chi connectivity index (χ4n) is 2.50. The summed E-state index contributed by atoms with van der Waals surface area (Å²) in [6.07, 6.45) is 2.16. The normalized spacial score (nSPS) is 12.2. The molecular formula is C15H27N3O4S2. The Morgan fingerprint density at radius 2 is 1.62 bits per heavy atom. The lowest BCUT2D eigenvalue weighted by Crippen LogP contribution is -2.38. The Bertz CT molecular complexity index is 757. The summed E-state index contributed by atoms with van der Waals surface area (Å²) in [7, 11) is -6.88. The highest BCUT2D eigenvalue weighted by molar-refractivity contribution is 7.92. The van der Waals surface area contributed by atoms with Gasteiger partial charge in [0.1, 0.15) is 0 Å². The molecule has 0 aliphatic carbocycles. The third-order valence-corrected chi connectivity index (χ3v) is 5.57. The molecular weight excluding hydrogens is 350 g/mol. The van der Waals surface area contributed by atoms with Gasteiger partial charge in [-0.15, -0.1) is 0 Å². The Morgan fingerprint density at radius 1 is 1.04 bits per heavy atom. The number of hydrogen-bond acceptors (Lipinski definition) is 5. The Morgan fingerprint density at radius 3 is 2.04 bits per heavy atom. The van der Waals surface area contributed by atoms with Gasteiger partial charge in [0.25, 0.3) is 0 Å². The minimum Gasteiger partial charge on any atom is -0.372 e. The molecule has 138 valence electrons. The van der Waals surface area contributed by atoms with Gasteiger partial charge in [-0.05, 0) is 44.5 Å². The molecule has 1 aromatic carbocycles. The lowest BCUT2D eigenvalue weighted by atomic mass is 10.1. The number of benzene rings is 1. The number of aryl methyl sites for hydroxylation is 1. The number of sulfonamides is 2. The molecule has 0 saturated heterocycles. The van der Waals surface area contributed by atoms with E-state index in [-0.39, 0.29) is 13.1 Å². The van der Waals surface area contributed by atoms with Crippen LogP contribution >= 0.6 is 0 Å². The molecule has 0 aromatic heterocycles. The van der Waals surface area contributed by atoms with Crippen LogP contribution < -0.4 is 13.9 Å². The summed E-state index contributed by atoms with van der Waals surface area (Å²) in [6, 6.07) is 5.60. The van der Waals surface area contributed by atoms with Gasteiger partial charge in [0.05, 0.1) is 18.2 Å². The monoisotopic (exact) mass is 377 g/mol. The fourth-order valence-corrected chi connectivity index (χ4v) is 3.95. The van der Waals surface area contributed by atoms with Crippen molar-refractivity contribution in [2.45, 2.75) is 20.8 Å². The maximum Gasteiger partial charge on any atom is 0.232 e. The standard InChI is InChI=1S/C15H27N3O4S2/c1-6-17(7-2)14-8-9-15(13(3)12-14)18(24(5,21)22)11-10-16-23(4,19)20/h8-9,12,16H,6-7,10-11H2,1-5H3. The molecule has 0 unspecified atom stereocenters. The van der Waals surface area contributed by atoms with Crippen LogP contribution in [0.2, 0.25) is 0 Å². The molecule has 0 saturated carbocycles. The van der Waals surface area contributed by atoms with Crippen LogP contribution in [0.15, 0.2) is 18.2 Å². The molecule has 0 aliphatic rings. The molecule has 1 N–H and O–H groups in total. The quantitative estimate of drug-likeness (QED) is 0.698. The van der Waals surface area contributed by atoms with E-state index in [9.17, 15) is 16.8 Å². The highest BCUT2D eigenvalue weighted by Gasteiger charge is 2.20. The van der Waals surface area contributed by atoms with Crippen molar-refractivity contribution in [3.8, 4) is 0 Å². The largest absolute Gasteiger partial charge is 0.372 e. The third-order valence-electron chi connectivity index (χ3n) is 3.66. The smallest absolute Gasteiger partial charge is 0.232 e. The Balaban J connectivity index is 3.11. The van der Waals surface area contributed by atoms with E-state index >= 15 is 0 Å². The zero-order chi connectivity index (χ0) is 18.5. The van der Waals surface area contributed by atoms with Crippen molar-refractivity contribution in [2.75, 3.05) is 47.9 Å². The van der Waals surface area contributed by atoms with Crippen molar-refractivity contribution >= 4 is 31.4 Å². The van der Waals surface area contributed by atoms with Gasteiger partial charge in [-0.1, -0.05) is 0 Å². The Kier molecular flexibility index (Phi) is 7.06. The van der Waals surface area contributed by atoms with Crippen molar-refractivity contribution in [2.24, 2.45) is 0 Å². The molecule has 24 heavy (non-hydrogen) atoms. The molecule has 0 atom stereocenters. The summed E-state index contributed by atoms with van der Waals surface area (Å²) in [4.78, 5) is 2.17. The van der Waals surface area contributed by atoms with Crippen LogP contribution in [-0.4, -0.2) is 55.5 Å². The van der Waals surface area contributed by atoms with E-state index < -0.39 is 20.0 Å². The molecule has 9 heteroatoms. The molecule has 0 amide bonds. The molecule has 0 spiro atoms. The highest BCUT2D eigenvalue weighted by Crippen LogP contribution is 2.27. The van der Waals surface area contributed by atoms with Crippen LogP contribution in [0.5, 0.6) is 0 Å². The maximum absolute atomic E-state index is 12.1. The minimum atomic E-state index is -3.52. The van der Waals surface area contributed by atoms with E-state index in [1.807, 2.05) is 19.1 Å². The van der Waals surface area contributed by atoms with E-state index in [1.165, 1.54) is 4.31 Å². The lowest BCUT2D eigenvalue weighted by Gasteiger charge is -2.27. The second-order valence-electron chi connectivity index (χ2n) is 5.64. The molecule has 1 aromatic rings. The molecule has 7 nitrogen and oxygen atoms in total. The summed E-state index contributed by atoms with van der Waals surface area (Å²) in [6.45, 7) is 7.76. The first-order chi connectivity index (χ1) is 11.0. The SMILES string of the molecule is CCN(CC)c1ccc(N(CCNS(C)(=O)=O)S(C)(=O)=O)c(C)c1. The second-order valence-corrected chi connectivity index (χ2v) is 9.38. The summed E-state index contributed by atoms with van der Waals surface area (Å²) in [5.41, 5.74) is 2.41. The summed E-state index contributed by atoms with van der Waals surface area (Å²) >= 11 is 0. The predicted molar refractivity (Wildman–Crippen MR) is 99.8 cm³/mol. The zero-order valence-electron chi connectivity index (χ0n) is 14.9. The van der Waals surface area contributed by atoms with Crippen molar-refractivity contribution in [3.63, 3.8) is 0 Å². The maximum atomic E-state index is 12.1. The number of nitrogens with zero attached hydrogens (tertiary/aromatic N) is 2. The van der Waals surface area contributed by atoms with Crippen LogP contribution in [0, 0.1) is 6.92 Å². The van der Waals surface area contributed by atoms with Crippen LogP contribution in [0.1, 0.15) is 19.4 Å². The Labute approximate surface area is 145 Å². The number of hydrogen-bond donors (Lipinski definition) is 1. The molecule has 0 bridgehead atoms. The topological polar surface area (TPSA) is 86.8 Å². The third kappa shape index (κ3) is 5.95. The fraction of sp³-hybridized carbons (Fsp3) is 0.600. The highest BCUT2D eigenvalue weighted by atomic mass is 32.2. The summed E-state index contributed by atoms with van der Waals surface area (Å²) in [5.74, 6) is 0. The molecule has 0 fully saturated rings. The van der Waals surface area contributed by atoms with Crippen LogP contribution in [-0.2, 0) is 20.0 Å². The van der Waals surface area contributed by atoms with Gasteiger partial charge in [0.2, 0.25) is 20.0 Å². The van der Waals surface area contributed by atoms with Crippen LogP contribution in [0.4, 0.5) is 11.4 Å². The number of nitrogens with one attached hydrogen (secondary N) is 1. The van der Waals surface area contributed by atoms with E-state index in [0.717, 1.165) is 36.9 Å². The van der Waals surface area contributed by atoms with Gasteiger partial charge in [0, 0.05) is 31.9 Å². The van der Waals surface area contributed by atoms with E-state index in [2.05, 4.69) is 23.5 Å². The van der Waals surface area contributed by atoms with Crippen molar-refractivity contribution in [1.29, 1.82) is 0 Å². The van der Waals surface area contributed by atoms with Crippen molar-refractivity contribution in [1.82, 2.24) is 4.72 Å². The summed E-state index contributed by atoms with van der Waals surface area (Å²) < 4.78 is 50.1. The predicted octanol–water partition coefficient (Wildman–Crippen LogP) is 1.16. The van der Waals surface area contributed by atoms with E-state index in [4.69, 9.17) is 0 Å². The molecule has 0 heterocycles. The van der Waals surface area contributed by atoms with Gasteiger partial charge in [-0.2, -0.15) is 0 Å². The van der Waals surface area contributed by atoms with Gasteiger partial charge < -0.3 is 4.90 Å². The molecule has 1 rings (SSSR count). The van der Waals surface area contributed by atoms with Crippen molar-refractivity contribution < 1.29 is 16.8 Å².